The van der Waals surface area contributed by atoms with Gasteiger partial charge in [0, 0.05) is 23.9 Å². The molecule has 0 atom stereocenters. The molecule has 45 heavy (non-hydrogen) atoms. The first-order valence-corrected chi connectivity index (χ1v) is 13.7. The van der Waals surface area contributed by atoms with Crippen molar-refractivity contribution in [3.05, 3.63) is 120 Å². The zero-order valence-corrected chi connectivity index (χ0v) is 24.0. The number of benzene rings is 4. The molecule has 0 fully saturated rings. The zero-order valence-electron chi connectivity index (χ0n) is 24.0. The van der Waals surface area contributed by atoms with Crippen molar-refractivity contribution in [1.82, 2.24) is 0 Å². The van der Waals surface area contributed by atoms with E-state index in [4.69, 9.17) is 25.7 Å². The molecule has 0 amide bonds. The molecule has 11 heteroatoms. The number of carbonyl (C=O) groups excluding carboxylic acids is 1. The number of esters is 1. The summed E-state index contributed by atoms with van der Waals surface area (Å²) in [5.74, 6) is -0.591. The summed E-state index contributed by atoms with van der Waals surface area (Å²) in [4.78, 5) is 12.4. The predicted molar refractivity (Wildman–Crippen MR) is 162 cm³/mol. The second kappa shape index (κ2) is 14.1. The highest BCUT2D eigenvalue weighted by Gasteiger charge is 2.34. The lowest BCUT2D eigenvalue weighted by Gasteiger charge is -2.18. The van der Waals surface area contributed by atoms with Crippen molar-refractivity contribution in [1.29, 1.82) is 0 Å². The van der Waals surface area contributed by atoms with Crippen LogP contribution in [-0.2, 0) is 22.2 Å². The van der Waals surface area contributed by atoms with Crippen LogP contribution < -0.4 is 20.9 Å². The van der Waals surface area contributed by atoms with Crippen LogP contribution in [0.4, 0.5) is 33.3 Å². The Morgan fingerprint density at radius 3 is 2.07 bits per heavy atom. The number of alkyl halides is 5. The highest BCUT2D eigenvalue weighted by Crippen LogP contribution is 2.33. The van der Waals surface area contributed by atoms with E-state index >= 15 is 0 Å². The summed E-state index contributed by atoms with van der Waals surface area (Å²) in [6.07, 6.45) is -6.56. The lowest BCUT2D eigenvalue weighted by molar-refractivity contribution is -0.185. The van der Waals surface area contributed by atoms with Crippen molar-refractivity contribution in [2.75, 3.05) is 18.1 Å². The molecule has 235 valence electrons. The van der Waals surface area contributed by atoms with Crippen molar-refractivity contribution in [3.63, 3.8) is 0 Å². The molecule has 4 aromatic rings. The third-order valence-corrected chi connectivity index (χ3v) is 6.52. The van der Waals surface area contributed by atoms with Crippen LogP contribution >= 0.6 is 0 Å². The molecule has 1 radical (unpaired) electrons. The SMILES string of the molecule is [CH2]c1cc(N)ccc1-c1ccc(N)cc1COC(=O)/C=C/c1ccc(C(F)(F)Oc2ccc(OCCCC(F)(F)F)cc2)cc1. The first kappa shape index (κ1) is 32.8. The van der Waals surface area contributed by atoms with Gasteiger partial charge in [0.15, 0.2) is 0 Å². The van der Waals surface area contributed by atoms with Gasteiger partial charge in [-0.3, -0.25) is 0 Å². The minimum Gasteiger partial charge on any atom is -0.494 e. The van der Waals surface area contributed by atoms with Gasteiger partial charge in [-0.05, 0) is 108 Å². The summed E-state index contributed by atoms with van der Waals surface area (Å²) in [6, 6.07) is 20.8. The van der Waals surface area contributed by atoms with E-state index in [2.05, 4.69) is 6.92 Å². The zero-order chi connectivity index (χ0) is 32.6. The Hall–Kier alpha value is -5.06. The molecule has 0 aromatic heterocycles. The standard InChI is InChI=1S/C34H30F5N2O4/c1-22-19-26(40)8-14-30(22)31-15-9-27(41)20-24(31)21-44-32(42)16-5-23-3-6-25(7-4-23)34(38,39)45-29-12-10-28(11-13-29)43-18-2-17-33(35,36)37/h3-16,19-20H,1-2,17-18,21,40-41H2/b16-5+. The number of carbonyl (C=O) groups is 1. The summed E-state index contributed by atoms with van der Waals surface area (Å²) in [5, 5.41) is 0. The Kier molecular flexibility index (Phi) is 10.3. The summed E-state index contributed by atoms with van der Waals surface area (Å²) < 4.78 is 81.6. The third kappa shape index (κ3) is 9.72. The molecule has 0 spiro atoms. The molecule has 4 rings (SSSR count). The number of hydrogen-bond acceptors (Lipinski definition) is 6. The number of nitrogen functional groups attached to an aromatic ring is 2. The summed E-state index contributed by atoms with van der Waals surface area (Å²) in [5.41, 5.74) is 15.8. The van der Waals surface area contributed by atoms with Crippen LogP contribution in [0.25, 0.3) is 17.2 Å². The van der Waals surface area contributed by atoms with Crippen LogP contribution in [0.5, 0.6) is 11.5 Å². The van der Waals surface area contributed by atoms with E-state index in [0.717, 1.165) is 23.3 Å². The lowest BCUT2D eigenvalue weighted by atomic mass is 9.95. The topological polar surface area (TPSA) is 96.8 Å². The molecule has 4 aromatic carbocycles. The molecule has 4 N–H and O–H groups in total. The lowest BCUT2D eigenvalue weighted by Crippen LogP contribution is -2.21. The van der Waals surface area contributed by atoms with Crippen LogP contribution in [0.15, 0.2) is 91.0 Å². The highest BCUT2D eigenvalue weighted by molar-refractivity contribution is 5.87. The fourth-order valence-corrected chi connectivity index (χ4v) is 4.30. The highest BCUT2D eigenvalue weighted by atomic mass is 19.4. The van der Waals surface area contributed by atoms with Crippen LogP contribution in [-0.4, -0.2) is 18.8 Å². The van der Waals surface area contributed by atoms with Crippen LogP contribution in [0.2, 0.25) is 0 Å². The van der Waals surface area contributed by atoms with Crippen LogP contribution in [0.3, 0.4) is 0 Å². The normalized spacial score (nSPS) is 11.9. The predicted octanol–water partition coefficient (Wildman–Crippen LogP) is 8.31. The maximum absolute atomic E-state index is 14.8. The van der Waals surface area contributed by atoms with E-state index in [-0.39, 0.29) is 31.1 Å². The maximum atomic E-state index is 14.8. The molecule has 0 unspecified atom stereocenters. The molecule has 6 nitrogen and oxygen atoms in total. The number of rotatable bonds is 12. The van der Waals surface area contributed by atoms with Crippen molar-refractivity contribution in [3.8, 4) is 22.6 Å². The quantitative estimate of drug-likeness (QED) is 0.0541. The third-order valence-electron chi connectivity index (χ3n) is 6.52. The number of halogens is 5. The van der Waals surface area contributed by atoms with E-state index in [9.17, 15) is 26.7 Å². The van der Waals surface area contributed by atoms with Gasteiger partial charge in [0.25, 0.3) is 0 Å². The Bertz CT molecular complexity index is 1640. The van der Waals surface area contributed by atoms with Crippen LogP contribution in [0, 0.1) is 6.92 Å². The van der Waals surface area contributed by atoms with Gasteiger partial charge in [-0.2, -0.15) is 22.0 Å². The Labute approximate surface area is 257 Å². The average Bonchev–Trinajstić information content (AvgIpc) is 2.98. The Morgan fingerprint density at radius 2 is 1.42 bits per heavy atom. The fraction of sp³-hybridized carbons (Fsp3) is 0.176. The second-order valence-electron chi connectivity index (χ2n) is 10.1. The van der Waals surface area contributed by atoms with Gasteiger partial charge in [-0.15, -0.1) is 0 Å². The minimum atomic E-state index is -4.27. The van der Waals surface area contributed by atoms with E-state index in [1.807, 2.05) is 12.1 Å². The molecule has 0 saturated carbocycles. The summed E-state index contributed by atoms with van der Waals surface area (Å²) >= 11 is 0. The van der Waals surface area contributed by atoms with Crippen LogP contribution in [0.1, 0.15) is 35.1 Å². The monoisotopic (exact) mass is 625 g/mol. The second-order valence-corrected chi connectivity index (χ2v) is 10.1. The molecule has 0 aliphatic carbocycles. The number of anilines is 2. The van der Waals surface area contributed by atoms with Crippen molar-refractivity contribution >= 4 is 23.4 Å². The van der Waals surface area contributed by atoms with Gasteiger partial charge < -0.3 is 25.7 Å². The first-order chi connectivity index (χ1) is 21.3. The number of hydrogen-bond donors (Lipinski definition) is 2. The molecule has 0 aliphatic heterocycles. The Morgan fingerprint density at radius 1 is 0.800 bits per heavy atom. The maximum Gasteiger partial charge on any atom is 0.426 e. The summed E-state index contributed by atoms with van der Waals surface area (Å²) in [6.45, 7) is 3.79. The number of ether oxygens (including phenoxy) is 3. The van der Waals surface area contributed by atoms with Gasteiger partial charge in [0.2, 0.25) is 0 Å². The summed E-state index contributed by atoms with van der Waals surface area (Å²) in [7, 11) is 0. The van der Waals surface area contributed by atoms with Gasteiger partial charge in [-0.25, -0.2) is 4.79 Å². The van der Waals surface area contributed by atoms with E-state index in [1.54, 1.807) is 24.3 Å². The molecule has 0 heterocycles. The van der Waals surface area contributed by atoms with Gasteiger partial charge in [0.1, 0.15) is 18.1 Å². The van der Waals surface area contributed by atoms with Crippen molar-refractivity contribution in [2.24, 2.45) is 0 Å². The minimum absolute atomic E-state index is 0.0684. The molecular formula is C34H30F5N2O4. The Balaban J connectivity index is 1.31. The van der Waals surface area contributed by atoms with Gasteiger partial charge >= 0.3 is 18.3 Å². The van der Waals surface area contributed by atoms with E-state index in [1.165, 1.54) is 48.6 Å². The van der Waals surface area contributed by atoms with Gasteiger partial charge in [0.05, 0.1) is 12.2 Å². The van der Waals surface area contributed by atoms with E-state index < -0.39 is 30.2 Å². The van der Waals surface area contributed by atoms with Crippen molar-refractivity contribution in [2.45, 2.75) is 31.7 Å². The first-order valence-electron chi connectivity index (χ1n) is 13.7. The molecular weight excluding hydrogens is 595 g/mol. The fourth-order valence-electron chi connectivity index (χ4n) is 4.30. The molecule has 0 bridgehead atoms. The number of nitrogens with two attached hydrogens (primary N) is 2. The average molecular weight is 626 g/mol. The van der Waals surface area contributed by atoms with Crippen molar-refractivity contribution < 1.29 is 41.0 Å². The molecule has 0 saturated heterocycles. The van der Waals surface area contributed by atoms with E-state index in [0.29, 0.717) is 28.1 Å². The largest absolute Gasteiger partial charge is 0.494 e. The smallest absolute Gasteiger partial charge is 0.426 e. The van der Waals surface area contributed by atoms with Gasteiger partial charge in [-0.1, -0.05) is 24.3 Å². The molecule has 0 aliphatic rings.